The van der Waals surface area contributed by atoms with E-state index in [1.807, 2.05) is 0 Å². The van der Waals surface area contributed by atoms with Gasteiger partial charge in [-0.05, 0) is 54.5 Å². The Morgan fingerprint density at radius 3 is 2.21 bits per heavy atom. The van der Waals surface area contributed by atoms with Crippen LogP contribution >= 0.6 is 0 Å². The fraction of sp³-hybridized carbons (Fsp3) is 0.0500. The molecular weight excluding hydrogens is 362 g/mol. The van der Waals surface area contributed by atoms with E-state index in [9.17, 15) is 25.5 Å². The van der Waals surface area contributed by atoms with Crippen molar-refractivity contribution in [1.29, 1.82) is 5.26 Å². The van der Waals surface area contributed by atoms with Crippen LogP contribution in [0.15, 0.2) is 59.0 Å². The normalized spacial score (nSPS) is 11.1. The second-order valence-corrected chi connectivity index (χ2v) is 5.93. The molecular formula is C20H13N3O5. The van der Waals surface area contributed by atoms with Crippen LogP contribution in [0.5, 0.6) is 0 Å². The predicted molar refractivity (Wildman–Crippen MR) is 102 cm³/mol. The first-order chi connectivity index (χ1) is 13.4. The lowest BCUT2D eigenvalue weighted by molar-refractivity contribution is -0.385. The molecule has 0 saturated heterocycles. The second-order valence-electron chi connectivity index (χ2n) is 5.93. The summed E-state index contributed by atoms with van der Waals surface area (Å²) >= 11 is 0. The highest BCUT2D eigenvalue weighted by Gasteiger charge is 2.13. The molecule has 138 valence electrons. The molecule has 0 amide bonds. The Bertz CT molecular complexity index is 1140. The molecule has 28 heavy (non-hydrogen) atoms. The summed E-state index contributed by atoms with van der Waals surface area (Å²) in [5.74, 6) is 0.933. The number of benzene rings is 2. The fourth-order valence-corrected chi connectivity index (χ4v) is 2.70. The summed E-state index contributed by atoms with van der Waals surface area (Å²) in [6.07, 6.45) is 1.53. The van der Waals surface area contributed by atoms with Crippen LogP contribution in [-0.4, -0.2) is 9.85 Å². The average Bonchev–Trinajstić information content (AvgIpc) is 3.14. The summed E-state index contributed by atoms with van der Waals surface area (Å²) in [5, 5.41) is 31.0. The van der Waals surface area contributed by atoms with Crippen molar-refractivity contribution in [1.82, 2.24) is 0 Å². The molecule has 0 atom stereocenters. The summed E-state index contributed by atoms with van der Waals surface area (Å²) in [5.41, 5.74) is 2.15. The number of nitro groups is 2. The molecule has 0 aliphatic heterocycles. The third kappa shape index (κ3) is 3.78. The number of nitrogens with zero attached hydrogens (tertiary/aromatic N) is 3. The van der Waals surface area contributed by atoms with E-state index in [4.69, 9.17) is 4.42 Å². The molecule has 3 rings (SSSR count). The van der Waals surface area contributed by atoms with E-state index < -0.39 is 9.85 Å². The van der Waals surface area contributed by atoms with E-state index in [0.717, 1.165) is 0 Å². The van der Waals surface area contributed by atoms with Crippen LogP contribution in [0.2, 0.25) is 0 Å². The van der Waals surface area contributed by atoms with E-state index in [1.165, 1.54) is 42.5 Å². The third-order valence-electron chi connectivity index (χ3n) is 4.11. The number of allylic oxidation sites excluding steroid dienone is 1. The van der Waals surface area contributed by atoms with Gasteiger partial charge in [0, 0.05) is 29.8 Å². The maximum atomic E-state index is 10.9. The van der Waals surface area contributed by atoms with E-state index >= 15 is 0 Å². The number of hydrogen-bond acceptors (Lipinski definition) is 6. The standard InChI is InChI=1S/C20H13N3O5/c1-13-10-17(23(26)27)6-8-19(13)20-9-7-18(28-20)11-15(12-21)14-2-4-16(5-3-14)22(24)25/h2-11H,1H3. The summed E-state index contributed by atoms with van der Waals surface area (Å²) in [6.45, 7) is 1.75. The fourth-order valence-electron chi connectivity index (χ4n) is 2.70. The molecule has 0 N–H and O–H groups in total. The number of nitro benzene ring substituents is 2. The van der Waals surface area contributed by atoms with Crippen molar-refractivity contribution in [3.05, 3.63) is 91.7 Å². The van der Waals surface area contributed by atoms with Crippen molar-refractivity contribution in [2.45, 2.75) is 6.92 Å². The quantitative estimate of drug-likeness (QED) is 0.346. The van der Waals surface area contributed by atoms with Crippen LogP contribution in [0.3, 0.4) is 0 Å². The monoisotopic (exact) mass is 375 g/mol. The van der Waals surface area contributed by atoms with Gasteiger partial charge in [-0.1, -0.05) is 0 Å². The van der Waals surface area contributed by atoms with Crippen molar-refractivity contribution in [3.63, 3.8) is 0 Å². The van der Waals surface area contributed by atoms with Gasteiger partial charge in [0.2, 0.25) is 0 Å². The van der Waals surface area contributed by atoms with Crippen LogP contribution in [0, 0.1) is 38.5 Å². The molecule has 0 unspecified atom stereocenters. The molecule has 2 aromatic carbocycles. The molecule has 8 nitrogen and oxygen atoms in total. The van der Waals surface area contributed by atoms with Crippen LogP contribution in [0.4, 0.5) is 11.4 Å². The van der Waals surface area contributed by atoms with Crippen LogP contribution in [0.25, 0.3) is 23.0 Å². The summed E-state index contributed by atoms with van der Waals surface area (Å²) < 4.78 is 5.76. The van der Waals surface area contributed by atoms with Crippen molar-refractivity contribution >= 4 is 23.0 Å². The summed E-state index contributed by atoms with van der Waals surface area (Å²) in [4.78, 5) is 20.6. The number of hydrogen-bond donors (Lipinski definition) is 0. The van der Waals surface area contributed by atoms with Gasteiger partial charge in [-0.25, -0.2) is 0 Å². The van der Waals surface area contributed by atoms with Crippen molar-refractivity contribution < 1.29 is 14.3 Å². The minimum atomic E-state index is -0.509. The number of nitriles is 1. The second kappa shape index (κ2) is 7.55. The zero-order chi connectivity index (χ0) is 20.3. The Morgan fingerprint density at radius 2 is 1.64 bits per heavy atom. The molecule has 8 heteroatoms. The smallest absolute Gasteiger partial charge is 0.269 e. The first kappa shape index (κ1) is 18.5. The SMILES string of the molecule is Cc1cc([N+](=O)[O-])ccc1-c1ccc(C=C(C#N)c2ccc([N+](=O)[O-])cc2)o1. The number of furan rings is 1. The molecule has 0 bridgehead atoms. The van der Waals surface area contributed by atoms with Gasteiger partial charge in [0.1, 0.15) is 11.5 Å². The average molecular weight is 375 g/mol. The zero-order valence-corrected chi connectivity index (χ0v) is 14.7. The maximum Gasteiger partial charge on any atom is 0.269 e. The Balaban J connectivity index is 1.91. The molecule has 0 fully saturated rings. The molecule has 0 aliphatic rings. The number of aryl methyl sites for hydroxylation is 1. The van der Waals surface area contributed by atoms with Gasteiger partial charge in [-0.3, -0.25) is 20.2 Å². The summed E-state index contributed by atoms with van der Waals surface area (Å²) in [7, 11) is 0. The Labute approximate surface area is 159 Å². The van der Waals surface area contributed by atoms with Crippen LogP contribution in [-0.2, 0) is 0 Å². The molecule has 0 radical (unpaired) electrons. The third-order valence-corrected chi connectivity index (χ3v) is 4.11. The molecule has 1 aromatic heterocycles. The molecule has 0 aliphatic carbocycles. The first-order valence-electron chi connectivity index (χ1n) is 8.11. The Hall–Kier alpha value is -4.25. The van der Waals surface area contributed by atoms with E-state index in [-0.39, 0.29) is 16.9 Å². The molecule has 1 heterocycles. The van der Waals surface area contributed by atoms with Gasteiger partial charge >= 0.3 is 0 Å². The zero-order valence-electron chi connectivity index (χ0n) is 14.7. The number of rotatable bonds is 5. The lowest BCUT2D eigenvalue weighted by Crippen LogP contribution is -1.89. The van der Waals surface area contributed by atoms with Gasteiger partial charge in [0.15, 0.2) is 0 Å². The highest BCUT2D eigenvalue weighted by atomic mass is 16.6. The predicted octanol–water partition coefficient (Wildman–Crippen LogP) is 5.14. The van der Waals surface area contributed by atoms with Gasteiger partial charge in [-0.15, -0.1) is 0 Å². The maximum absolute atomic E-state index is 10.9. The van der Waals surface area contributed by atoms with Crippen molar-refractivity contribution in [2.24, 2.45) is 0 Å². The highest BCUT2D eigenvalue weighted by molar-refractivity contribution is 5.89. The molecule has 3 aromatic rings. The van der Waals surface area contributed by atoms with E-state index in [2.05, 4.69) is 6.07 Å². The van der Waals surface area contributed by atoms with Gasteiger partial charge in [0.05, 0.1) is 21.5 Å². The van der Waals surface area contributed by atoms with Gasteiger partial charge in [0.25, 0.3) is 11.4 Å². The lowest BCUT2D eigenvalue weighted by Gasteiger charge is -2.02. The van der Waals surface area contributed by atoms with Crippen molar-refractivity contribution in [2.75, 3.05) is 0 Å². The summed E-state index contributed by atoms with van der Waals surface area (Å²) in [6, 6.07) is 15.6. The topological polar surface area (TPSA) is 123 Å². The van der Waals surface area contributed by atoms with E-state index in [1.54, 1.807) is 25.1 Å². The van der Waals surface area contributed by atoms with Gasteiger partial charge < -0.3 is 4.42 Å². The van der Waals surface area contributed by atoms with Crippen molar-refractivity contribution in [3.8, 4) is 17.4 Å². The Kier molecular flexibility index (Phi) is 5.00. The van der Waals surface area contributed by atoms with Crippen LogP contribution in [0.1, 0.15) is 16.9 Å². The van der Waals surface area contributed by atoms with Gasteiger partial charge in [-0.2, -0.15) is 5.26 Å². The molecule has 0 spiro atoms. The first-order valence-corrected chi connectivity index (χ1v) is 8.11. The minimum Gasteiger partial charge on any atom is -0.457 e. The number of non-ortho nitro benzene ring substituents is 2. The Morgan fingerprint density at radius 1 is 1.00 bits per heavy atom. The minimum absolute atomic E-state index is 0.00198. The lowest BCUT2D eigenvalue weighted by atomic mass is 10.1. The molecule has 0 saturated carbocycles. The van der Waals surface area contributed by atoms with E-state index in [0.29, 0.717) is 28.2 Å². The largest absolute Gasteiger partial charge is 0.457 e. The van der Waals surface area contributed by atoms with Crippen LogP contribution < -0.4 is 0 Å². The highest BCUT2D eigenvalue weighted by Crippen LogP contribution is 2.30.